The minimum absolute atomic E-state index is 0.0464. The van der Waals surface area contributed by atoms with Crippen LogP contribution in [-0.4, -0.2) is 83.5 Å². The minimum atomic E-state index is -2.01. The normalized spacial score (nSPS) is 21.0. The van der Waals surface area contributed by atoms with E-state index in [1.807, 2.05) is 59.5 Å². The van der Waals surface area contributed by atoms with Crippen molar-refractivity contribution in [3.05, 3.63) is 90.0 Å². The van der Waals surface area contributed by atoms with Crippen LogP contribution in [0.25, 0.3) is 11.1 Å². The molecule has 0 spiro atoms. The van der Waals surface area contributed by atoms with E-state index < -0.39 is 47.8 Å². The Bertz CT molecular complexity index is 1510. The van der Waals surface area contributed by atoms with E-state index in [4.69, 9.17) is 0 Å². The molecule has 0 saturated carbocycles. The molecular weight excluding hydrogens is 548 g/mol. The van der Waals surface area contributed by atoms with Crippen molar-refractivity contribution in [2.24, 2.45) is 5.92 Å². The highest BCUT2D eigenvalue weighted by molar-refractivity contribution is 6.01. The number of carbonyl (C=O) groups is 4. The number of fused-ring (bicyclic) bond motifs is 3. The number of hydrogen-bond acceptors (Lipinski definition) is 7. The third kappa shape index (κ3) is 5.06. The zero-order chi connectivity index (χ0) is 30.1. The molecule has 0 bridgehead atoms. The van der Waals surface area contributed by atoms with Crippen molar-refractivity contribution in [1.29, 1.82) is 0 Å². The Kier molecular flexibility index (Phi) is 7.72. The van der Waals surface area contributed by atoms with Crippen LogP contribution in [0.15, 0.2) is 78.9 Å². The number of rotatable bonds is 8. The largest absolute Gasteiger partial charge is 0.389 e. The Morgan fingerprint density at radius 2 is 1.56 bits per heavy atom. The van der Waals surface area contributed by atoms with Crippen molar-refractivity contribution in [2.45, 2.75) is 30.5 Å². The first kappa shape index (κ1) is 28.6. The van der Waals surface area contributed by atoms with Crippen molar-refractivity contribution in [3.8, 4) is 11.1 Å². The van der Waals surface area contributed by atoms with Crippen molar-refractivity contribution >= 4 is 29.2 Å². The second kappa shape index (κ2) is 11.6. The van der Waals surface area contributed by atoms with E-state index in [2.05, 4.69) is 10.6 Å². The van der Waals surface area contributed by atoms with Gasteiger partial charge in [-0.05, 0) is 36.1 Å². The molecule has 10 heteroatoms. The van der Waals surface area contributed by atoms with Crippen LogP contribution in [0.2, 0.25) is 0 Å². The summed E-state index contributed by atoms with van der Waals surface area (Å²) in [6.45, 7) is 0.360. The van der Waals surface area contributed by atoms with Gasteiger partial charge in [-0.2, -0.15) is 0 Å². The van der Waals surface area contributed by atoms with E-state index in [0.29, 0.717) is 30.6 Å². The van der Waals surface area contributed by atoms with Crippen molar-refractivity contribution in [3.63, 3.8) is 0 Å². The second-order valence-electron chi connectivity index (χ2n) is 11.3. The third-order valence-electron chi connectivity index (χ3n) is 8.84. The monoisotopic (exact) mass is 582 g/mol. The van der Waals surface area contributed by atoms with E-state index in [1.54, 1.807) is 24.3 Å². The van der Waals surface area contributed by atoms with Gasteiger partial charge < -0.3 is 30.6 Å². The SMILES string of the molecule is O=C1NCC[C@H]1C[C@H](NC(=O)[C@H]1CN(c2ccccc2)CCN1C(=O)C1(O)c2ccccc2-c2ccccc21)C(=O)CO. The van der Waals surface area contributed by atoms with Crippen LogP contribution in [0.4, 0.5) is 5.69 Å². The van der Waals surface area contributed by atoms with E-state index in [1.165, 1.54) is 4.90 Å². The second-order valence-corrected chi connectivity index (χ2v) is 11.3. The van der Waals surface area contributed by atoms with Gasteiger partial charge in [0, 0.05) is 48.9 Å². The summed E-state index contributed by atoms with van der Waals surface area (Å²) in [5.74, 6) is -2.51. The van der Waals surface area contributed by atoms with Crippen LogP contribution in [0, 0.1) is 5.92 Å². The molecule has 0 aromatic heterocycles. The van der Waals surface area contributed by atoms with E-state index in [-0.39, 0.29) is 25.4 Å². The number of hydrogen-bond donors (Lipinski definition) is 4. The molecular formula is C33H34N4O6. The summed E-state index contributed by atoms with van der Waals surface area (Å²) < 4.78 is 0. The number of para-hydroxylation sites is 1. The lowest BCUT2D eigenvalue weighted by molar-refractivity contribution is -0.154. The van der Waals surface area contributed by atoms with Gasteiger partial charge >= 0.3 is 0 Å². The fraction of sp³-hybridized carbons (Fsp3) is 0.333. The fourth-order valence-electron chi connectivity index (χ4n) is 6.58. The Balaban J connectivity index is 1.34. The molecule has 3 aromatic rings. The Hall–Kier alpha value is -4.54. The van der Waals surface area contributed by atoms with Gasteiger partial charge in [0.25, 0.3) is 5.91 Å². The number of nitrogens with one attached hydrogen (secondary N) is 2. The summed E-state index contributed by atoms with van der Waals surface area (Å²) in [7, 11) is 0. The van der Waals surface area contributed by atoms with Gasteiger partial charge in [-0.1, -0.05) is 66.7 Å². The number of benzene rings is 3. The number of anilines is 1. The highest BCUT2D eigenvalue weighted by atomic mass is 16.3. The summed E-state index contributed by atoms with van der Waals surface area (Å²) in [4.78, 5) is 56.9. The molecule has 3 atom stereocenters. The number of aliphatic hydroxyl groups excluding tert-OH is 1. The average molecular weight is 583 g/mol. The zero-order valence-corrected chi connectivity index (χ0v) is 23.6. The first-order valence-corrected chi connectivity index (χ1v) is 14.6. The maximum absolute atomic E-state index is 14.5. The van der Waals surface area contributed by atoms with Gasteiger partial charge in [-0.15, -0.1) is 0 Å². The topological polar surface area (TPSA) is 139 Å². The van der Waals surface area contributed by atoms with Gasteiger partial charge in [0.1, 0.15) is 12.6 Å². The fourth-order valence-corrected chi connectivity index (χ4v) is 6.58. The van der Waals surface area contributed by atoms with E-state index >= 15 is 0 Å². The minimum Gasteiger partial charge on any atom is -0.389 e. The van der Waals surface area contributed by atoms with Gasteiger partial charge in [0.15, 0.2) is 11.4 Å². The van der Waals surface area contributed by atoms with Crippen molar-refractivity contribution in [1.82, 2.24) is 15.5 Å². The first-order valence-electron chi connectivity index (χ1n) is 14.6. The molecule has 2 heterocycles. The van der Waals surface area contributed by atoms with Crippen molar-refractivity contribution < 1.29 is 29.4 Å². The van der Waals surface area contributed by atoms with Crippen LogP contribution < -0.4 is 15.5 Å². The Labute approximate surface area is 249 Å². The molecule has 0 radical (unpaired) electrons. The number of nitrogens with zero attached hydrogens (tertiary/aromatic N) is 2. The summed E-state index contributed by atoms with van der Waals surface area (Å²) in [6.07, 6.45) is 0.566. The molecule has 6 rings (SSSR count). The molecule has 4 N–H and O–H groups in total. The standard InChI is InChI=1S/C33H34N4O6/c38-20-29(39)27(18-21-14-15-34-30(21)40)35-31(41)28-19-36(22-8-2-1-3-9-22)16-17-37(28)32(42)33(43)25-12-6-4-10-23(25)24-11-5-7-13-26(24)33/h1-13,21,27-28,38,43H,14-20H2,(H,34,40)(H,35,41)/t21-,27-,28+/m0/s1. The van der Waals surface area contributed by atoms with Crippen LogP contribution in [0.1, 0.15) is 24.0 Å². The summed E-state index contributed by atoms with van der Waals surface area (Å²) in [5.41, 5.74) is 1.26. The van der Waals surface area contributed by atoms with E-state index in [9.17, 15) is 29.4 Å². The molecule has 10 nitrogen and oxygen atoms in total. The van der Waals surface area contributed by atoms with Crippen LogP contribution >= 0.6 is 0 Å². The number of Topliss-reactive ketones (excluding diaryl/α,β-unsaturated/α-hetero) is 1. The molecule has 2 saturated heterocycles. The van der Waals surface area contributed by atoms with Crippen LogP contribution in [0.3, 0.4) is 0 Å². The number of amides is 3. The predicted molar refractivity (Wildman–Crippen MR) is 159 cm³/mol. The molecule has 222 valence electrons. The predicted octanol–water partition coefficient (Wildman–Crippen LogP) is 1.19. The average Bonchev–Trinajstić information content (AvgIpc) is 3.58. The summed E-state index contributed by atoms with van der Waals surface area (Å²) in [6, 6.07) is 21.7. The highest BCUT2D eigenvalue weighted by Crippen LogP contribution is 2.48. The highest BCUT2D eigenvalue weighted by Gasteiger charge is 2.52. The lowest BCUT2D eigenvalue weighted by Gasteiger charge is -2.44. The van der Waals surface area contributed by atoms with Gasteiger partial charge in [-0.3, -0.25) is 19.2 Å². The summed E-state index contributed by atoms with van der Waals surface area (Å²) >= 11 is 0. The smallest absolute Gasteiger partial charge is 0.264 e. The third-order valence-corrected chi connectivity index (χ3v) is 8.84. The summed E-state index contributed by atoms with van der Waals surface area (Å²) in [5, 5.41) is 27.4. The molecule has 3 aliphatic rings. The van der Waals surface area contributed by atoms with Crippen LogP contribution in [0.5, 0.6) is 0 Å². The zero-order valence-electron chi connectivity index (χ0n) is 23.6. The molecule has 3 aromatic carbocycles. The Morgan fingerprint density at radius 3 is 2.16 bits per heavy atom. The number of aliphatic hydroxyl groups is 2. The molecule has 1 aliphatic carbocycles. The van der Waals surface area contributed by atoms with Gasteiger partial charge in [0.05, 0.1) is 6.04 Å². The number of ketones is 1. The molecule has 3 amide bonds. The maximum atomic E-state index is 14.5. The number of piperazine rings is 1. The molecule has 0 unspecified atom stereocenters. The molecule has 43 heavy (non-hydrogen) atoms. The Morgan fingerprint density at radius 1 is 0.930 bits per heavy atom. The molecule has 2 aliphatic heterocycles. The molecule has 2 fully saturated rings. The first-order chi connectivity index (χ1) is 20.8. The van der Waals surface area contributed by atoms with Crippen molar-refractivity contribution in [2.75, 3.05) is 37.7 Å². The quantitative estimate of drug-likeness (QED) is 0.313. The lowest BCUT2D eigenvalue weighted by atomic mass is 9.88. The van der Waals surface area contributed by atoms with Gasteiger partial charge in [-0.25, -0.2) is 0 Å². The maximum Gasteiger partial charge on any atom is 0.264 e. The van der Waals surface area contributed by atoms with E-state index in [0.717, 1.165) is 16.8 Å². The lowest BCUT2D eigenvalue weighted by Crippen LogP contribution is -2.65. The van der Waals surface area contributed by atoms with Crippen LogP contribution in [-0.2, 0) is 24.8 Å². The number of carbonyl (C=O) groups excluding carboxylic acids is 4. The van der Waals surface area contributed by atoms with Gasteiger partial charge in [0.2, 0.25) is 11.8 Å².